The molecule has 0 saturated heterocycles. The largest absolute Gasteiger partial charge is 0.363 e. The number of hydrogen-bond donors (Lipinski definition) is 1. The first-order valence-corrected chi connectivity index (χ1v) is 5.55. The maximum absolute atomic E-state index is 3.14. The molecule has 0 spiro atoms. The minimum absolute atomic E-state index is 1.23. The van der Waals surface area contributed by atoms with Gasteiger partial charge < -0.3 is 4.98 Å². The van der Waals surface area contributed by atoms with Crippen LogP contribution in [0, 0.1) is 27.7 Å². The van der Waals surface area contributed by atoms with Crippen molar-refractivity contribution in [3.63, 3.8) is 0 Å². The molecule has 76 valence electrons. The number of aryl methyl sites for hydroxylation is 4. The van der Waals surface area contributed by atoms with Crippen LogP contribution in [-0.2, 0) is 0 Å². The summed E-state index contributed by atoms with van der Waals surface area (Å²) in [6.45, 7) is 8.34. The van der Waals surface area contributed by atoms with Crippen LogP contribution < -0.4 is 0 Å². The average molecular weight is 207 g/mol. The van der Waals surface area contributed by atoms with Crippen LogP contribution in [0.4, 0.5) is 0 Å². The first kappa shape index (κ1) is 11.1. The Morgan fingerprint density at radius 3 is 1.36 bits per heavy atom. The first-order valence-electron chi connectivity index (χ1n) is 4.73. The molecule has 0 aliphatic carbocycles. The molecular formula is C12H17NS. The number of thiophene rings is 1. The Bertz CT molecular complexity index is 313. The zero-order valence-electron chi connectivity index (χ0n) is 9.22. The van der Waals surface area contributed by atoms with Crippen LogP contribution in [0.15, 0.2) is 24.3 Å². The first-order chi connectivity index (χ1) is 6.58. The van der Waals surface area contributed by atoms with Gasteiger partial charge in [-0.25, -0.2) is 0 Å². The van der Waals surface area contributed by atoms with Crippen molar-refractivity contribution in [1.29, 1.82) is 0 Å². The fourth-order valence-corrected chi connectivity index (χ4v) is 1.98. The van der Waals surface area contributed by atoms with Gasteiger partial charge in [0.1, 0.15) is 0 Å². The monoisotopic (exact) mass is 207 g/mol. The van der Waals surface area contributed by atoms with E-state index >= 15 is 0 Å². The molecule has 2 rings (SSSR count). The van der Waals surface area contributed by atoms with Crippen LogP contribution in [0.2, 0.25) is 0 Å². The third kappa shape index (κ3) is 3.79. The molecule has 0 aromatic carbocycles. The van der Waals surface area contributed by atoms with Crippen molar-refractivity contribution in [2.75, 3.05) is 0 Å². The normalized spacial score (nSPS) is 9.43. The second-order valence-electron chi connectivity index (χ2n) is 3.48. The van der Waals surface area contributed by atoms with Crippen LogP contribution in [0.5, 0.6) is 0 Å². The van der Waals surface area contributed by atoms with Crippen LogP contribution in [-0.4, -0.2) is 4.98 Å². The number of rotatable bonds is 0. The van der Waals surface area contributed by atoms with Crippen molar-refractivity contribution in [1.82, 2.24) is 4.98 Å². The maximum Gasteiger partial charge on any atom is 0.0117 e. The lowest BCUT2D eigenvalue weighted by Gasteiger charge is -1.77. The highest BCUT2D eigenvalue weighted by atomic mass is 32.1. The Labute approximate surface area is 89.8 Å². The number of nitrogens with one attached hydrogen (secondary N) is 1. The van der Waals surface area contributed by atoms with E-state index in [1.807, 2.05) is 25.2 Å². The van der Waals surface area contributed by atoms with Gasteiger partial charge in [0.15, 0.2) is 0 Å². The van der Waals surface area contributed by atoms with Crippen molar-refractivity contribution in [2.24, 2.45) is 0 Å². The van der Waals surface area contributed by atoms with E-state index in [1.54, 1.807) is 0 Å². The Kier molecular flexibility index (Phi) is 3.96. The number of hydrogen-bond acceptors (Lipinski definition) is 1. The van der Waals surface area contributed by atoms with Gasteiger partial charge in [-0.2, -0.15) is 0 Å². The van der Waals surface area contributed by atoms with Gasteiger partial charge in [0, 0.05) is 21.1 Å². The van der Waals surface area contributed by atoms with Gasteiger partial charge in [-0.3, -0.25) is 0 Å². The Balaban J connectivity index is 0.000000140. The van der Waals surface area contributed by atoms with Crippen LogP contribution >= 0.6 is 11.3 Å². The highest BCUT2D eigenvalue weighted by Crippen LogP contribution is 2.12. The molecule has 0 radical (unpaired) electrons. The molecular weight excluding hydrogens is 190 g/mol. The van der Waals surface area contributed by atoms with Gasteiger partial charge in [0.2, 0.25) is 0 Å². The molecule has 2 aromatic heterocycles. The highest BCUT2D eigenvalue weighted by molar-refractivity contribution is 7.11. The maximum atomic E-state index is 3.14. The molecule has 14 heavy (non-hydrogen) atoms. The van der Waals surface area contributed by atoms with Gasteiger partial charge in [0.05, 0.1) is 0 Å². The fraction of sp³-hybridized carbons (Fsp3) is 0.333. The Morgan fingerprint density at radius 2 is 1.21 bits per heavy atom. The Morgan fingerprint density at radius 1 is 0.786 bits per heavy atom. The summed E-state index contributed by atoms with van der Waals surface area (Å²) < 4.78 is 0. The summed E-state index contributed by atoms with van der Waals surface area (Å²) in [5, 5.41) is 0. The van der Waals surface area contributed by atoms with Gasteiger partial charge in [-0.05, 0) is 52.0 Å². The molecule has 0 saturated carbocycles. The SMILES string of the molecule is Cc1ccc(C)[nH]1.Cc1ccc(C)s1. The van der Waals surface area contributed by atoms with E-state index in [9.17, 15) is 0 Å². The number of aromatic amines is 1. The molecule has 1 N–H and O–H groups in total. The quantitative estimate of drug-likeness (QED) is 0.672. The van der Waals surface area contributed by atoms with Crippen LogP contribution in [0.25, 0.3) is 0 Å². The summed E-state index contributed by atoms with van der Waals surface area (Å²) in [7, 11) is 0. The smallest absolute Gasteiger partial charge is 0.0117 e. The van der Waals surface area contributed by atoms with E-state index in [4.69, 9.17) is 0 Å². The molecule has 0 bridgehead atoms. The minimum Gasteiger partial charge on any atom is -0.363 e. The van der Waals surface area contributed by atoms with Crippen LogP contribution in [0.1, 0.15) is 21.1 Å². The van der Waals surface area contributed by atoms with Gasteiger partial charge >= 0.3 is 0 Å². The zero-order chi connectivity index (χ0) is 10.6. The van der Waals surface area contributed by atoms with Gasteiger partial charge in [-0.1, -0.05) is 0 Å². The molecule has 2 heteroatoms. The summed E-state index contributed by atoms with van der Waals surface area (Å²) in [6.07, 6.45) is 0. The van der Waals surface area contributed by atoms with Crippen molar-refractivity contribution in [2.45, 2.75) is 27.7 Å². The second kappa shape index (κ2) is 5.01. The van der Waals surface area contributed by atoms with Gasteiger partial charge in [-0.15, -0.1) is 11.3 Å². The fourth-order valence-electron chi connectivity index (χ4n) is 1.20. The van der Waals surface area contributed by atoms with E-state index in [1.165, 1.54) is 21.1 Å². The minimum atomic E-state index is 1.23. The lowest BCUT2D eigenvalue weighted by atomic mass is 10.5. The van der Waals surface area contributed by atoms with Crippen molar-refractivity contribution in [3.05, 3.63) is 45.4 Å². The van der Waals surface area contributed by atoms with E-state index in [-0.39, 0.29) is 0 Å². The molecule has 0 atom stereocenters. The average Bonchev–Trinajstić information content (AvgIpc) is 2.63. The van der Waals surface area contributed by atoms with Crippen molar-refractivity contribution < 1.29 is 0 Å². The number of aromatic nitrogens is 1. The highest BCUT2D eigenvalue weighted by Gasteiger charge is 1.84. The predicted molar refractivity (Wildman–Crippen MR) is 64.1 cm³/mol. The summed E-state index contributed by atoms with van der Waals surface area (Å²) in [4.78, 5) is 5.94. The van der Waals surface area contributed by atoms with E-state index in [2.05, 4.69) is 43.1 Å². The molecule has 0 aliphatic rings. The molecule has 2 aromatic rings. The van der Waals surface area contributed by atoms with E-state index in [0.717, 1.165) is 0 Å². The molecule has 0 unspecified atom stereocenters. The molecule has 0 aliphatic heterocycles. The number of H-pyrrole nitrogens is 1. The summed E-state index contributed by atoms with van der Waals surface area (Å²) >= 11 is 1.84. The van der Waals surface area contributed by atoms with E-state index < -0.39 is 0 Å². The molecule has 0 fully saturated rings. The Hall–Kier alpha value is -1.02. The lowest BCUT2D eigenvalue weighted by molar-refractivity contribution is 1.19. The third-order valence-electron chi connectivity index (χ3n) is 1.85. The van der Waals surface area contributed by atoms with Crippen LogP contribution in [0.3, 0.4) is 0 Å². The molecule has 2 heterocycles. The van der Waals surface area contributed by atoms with Crippen molar-refractivity contribution in [3.8, 4) is 0 Å². The predicted octanol–water partition coefficient (Wildman–Crippen LogP) is 4.00. The standard InChI is InChI=1S/C6H9N.C6H8S/c2*1-5-3-4-6(2)7-5/h3-4,7H,1-2H3;3-4H,1-2H3. The topological polar surface area (TPSA) is 15.8 Å². The summed E-state index contributed by atoms with van der Waals surface area (Å²) in [5.74, 6) is 0. The molecule has 1 nitrogen and oxygen atoms in total. The van der Waals surface area contributed by atoms with E-state index in [0.29, 0.717) is 0 Å². The zero-order valence-corrected chi connectivity index (χ0v) is 10.0. The van der Waals surface area contributed by atoms with Gasteiger partial charge in [0.25, 0.3) is 0 Å². The molecule has 0 amide bonds. The second-order valence-corrected chi connectivity index (χ2v) is 4.97. The summed E-state index contributed by atoms with van der Waals surface area (Å²) in [5.41, 5.74) is 2.47. The third-order valence-corrected chi connectivity index (χ3v) is 2.77. The summed E-state index contributed by atoms with van der Waals surface area (Å²) in [6, 6.07) is 8.41. The lowest BCUT2D eigenvalue weighted by Crippen LogP contribution is -1.67. The van der Waals surface area contributed by atoms with Crippen molar-refractivity contribution >= 4 is 11.3 Å².